The van der Waals surface area contributed by atoms with Crippen LogP contribution in [0.1, 0.15) is 71.9 Å². The van der Waals surface area contributed by atoms with Crippen LogP contribution in [0.4, 0.5) is 0 Å². The van der Waals surface area contributed by atoms with Crippen LogP contribution >= 0.6 is 0 Å². The van der Waals surface area contributed by atoms with Gasteiger partial charge in [0.2, 0.25) is 5.91 Å². The Bertz CT molecular complexity index is 1360. The summed E-state index contributed by atoms with van der Waals surface area (Å²) >= 11 is 0. The second-order valence-electron chi connectivity index (χ2n) is 9.69. The number of aromatic nitrogens is 2. The summed E-state index contributed by atoms with van der Waals surface area (Å²) in [6.07, 6.45) is 0.108. The fraction of sp³-hybridized carbons (Fsp3) is 0.481. The lowest BCUT2D eigenvalue weighted by atomic mass is 9.94. The molecule has 3 heterocycles. The summed E-state index contributed by atoms with van der Waals surface area (Å²) in [6.45, 7) is 3.98. The van der Waals surface area contributed by atoms with E-state index in [9.17, 15) is 28.8 Å². The number of H-pyrrole nitrogens is 1. The van der Waals surface area contributed by atoms with Gasteiger partial charge in [0.05, 0.1) is 29.2 Å². The third-order valence-electron chi connectivity index (χ3n) is 7.23. The van der Waals surface area contributed by atoms with Gasteiger partial charge in [-0.15, -0.1) is 0 Å². The molecule has 4 rings (SSSR count). The van der Waals surface area contributed by atoms with Crippen molar-refractivity contribution in [3.63, 3.8) is 0 Å². The van der Waals surface area contributed by atoms with Crippen LogP contribution < -0.4 is 16.6 Å². The van der Waals surface area contributed by atoms with E-state index in [0.29, 0.717) is 17.5 Å². The highest BCUT2D eigenvalue weighted by atomic mass is 16.6. The molecule has 1 aromatic heterocycles. The summed E-state index contributed by atoms with van der Waals surface area (Å²) in [6, 6.07) is 6.58. The highest BCUT2D eigenvalue weighted by Gasteiger charge is 2.45. The van der Waals surface area contributed by atoms with Crippen molar-refractivity contribution in [3.05, 3.63) is 68.0 Å². The molecule has 0 bridgehead atoms. The second-order valence-corrected chi connectivity index (χ2v) is 9.69. The number of nitrogens with zero attached hydrogens (tertiary/aromatic N) is 2. The van der Waals surface area contributed by atoms with E-state index in [0.717, 1.165) is 4.90 Å². The summed E-state index contributed by atoms with van der Waals surface area (Å²) in [5.74, 6) is -1.89. The molecular weight excluding hydrogens is 508 g/mol. The largest absolute Gasteiger partial charge is 0.459 e. The number of carbonyl (C=O) groups excluding carboxylic acids is 4. The van der Waals surface area contributed by atoms with E-state index in [1.807, 2.05) is 13.8 Å². The standard InChI is InChI=1S/C27H32N4O8/c1-4-19-15(2)22(39-21(33)11-10-20(32)28-3)23(38-19)18-14-30(27(37)29-24(18)34)12-7-13-31-25(35)16-8-5-6-9-17(16)26(31)36/h5-6,8-9,14-15,19,22-23H,4,7,10-13H2,1-3H3,(H,28,32)(H,29,34,37)/t15?,19-,22+,23+/m1/s1. The average Bonchev–Trinajstić information content (AvgIpc) is 3.36. The van der Waals surface area contributed by atoms with Crippen molar-refractivity contribution in [1.82, 2.24) is 19.8 Å². The van der Waals surface area contributed by atoms with E-state index < -0.39 is 29.4 Å². The Hall–Kier alpha value is -4.06. The molecule has 1 aromatic carbocycles. The van der Waals surface area contributed by atoms with E-state index in [-0.39, 0.29) is 67.7 Å². The molecule has 39 heavy (non-hydrogen) atoms. The number of aromatic amines is 1. The third-order valence-corrected chi connectivity index (χ3v) is 7.23. The van der Waals surface area contributed by atoms with Gasteiger partial charge in [0.1, 0.15) is 12.2 Å². The maximum Gasteiger partial charge on any atom is 0.328 e. The van der Waals surface area contributed by atoms with Crippen molar-refractivity contribution in [2.24, 2.45) is 5.92 Å². The highest BCUT2D eigenvalue weighted by molar-refractivity contribution is 6.21. The number of fused-ring (bicyclic) bond motifs is 1. The molecule has 4 atom stereocenters. The number of aryl methyl sites for hydroxylation is 1. The van der Waals surface area contributed by atoms with Crippen LogP contribution in [0.5, 0.6) is 0 Å². The molecule has 2 aliphatic rings. The Morgan fingerprint density at radius 1 is 1.05 bits per heavy atom. The summed E-state index contributed by atoms with van der Waals surface area (Å²) in [4.78, 5) is 78.0. The minimum absolute atomic E-state index is 0.0300. The SMILES string of the molecule is CC[C@H]1O[C@@H](c2cn(CCCN3C(=O)c4ccccc4C3=O)c(=O)[nH]c2=O)[C@@H](OC(=O)CCC(=O)NC)C1C. The first kappa shape index (κ1) is 28.0. The van der Waals surface area contributed by atoms with Crippen LogP contribution in [0.15, 0.2) is 40.1 Å². The topological polar surface area (TPSA) is 157 Å². The summed E-state index contributed by atoms with van der Waals surface area (Å²) in [7, 11) is 1.48. The van der Waals surface area contributed by atoms with Gasteiger partial charge in [0.25, 0.3) is 17.4 Å². The van der Waals surface area contributed by atoms with Gasteiger partial charge in [0.15, 0.2) is 0 Å². The Labute approximate surface area is 224 Å². The Balaban J connectivity index is 1.49. The molecule has 0 aliphatic carbocycles. The zero-order valence-electron chi connectivity index (χ0n) is 22.1. The van der Waals surface area contributed by atoms with Gasteiger partial charge in [-0.3, -0.25) is 33.9 Å². The molecular formula is C27H32N4O8. The molecule has 12 nitrogen and oxygen atoms in total. The normalized spacial score (nSPS) is 22.2. The maximum atomic E-state index is 12.8. The molecule has 2 aromatic rings. The van der Waals surface area contributed by atoms with Gasteiger partial charge in [-0.2, -0.15) is 0 Å². The Morgan fingerprint density at radius 2 is 1.72 bits per heavy atom. The van der Waals surface area contributed by atoms with Gasteiger partial charge >= 0.3 is 11.7 Å². The van der Waals surface area contributed by atoms with Crippen molar-refractivity contribution < 1.29 is 28.7 Å². The number of carbonyl (C=O) groups is 4. The molecule has 1 fully saturated rings. The Kier molecular flexibility index (Phi) is 8.44. The zero-order chi connectivity index (χ0) is 28.3. The van der Waals surface area contributed by atoms with Crippen molar-refractivity contribution >= 4 is 23.7 Å². The second kappa shape index (κ2) is 11.8. The van der Waals surface area contributed by atoms with Crippen LogP contribution in [-0.4, -0.2) is 63.9 Å². The summed E-state index contributed by atoms with van der Waals surface area (Å²) < 4.78 is 13.1. The van der Waals surface area contributed by atoms with Gasteiger partial charge in [-0.1, -0.05) is 26.0 Å². The molecule has 1 unspecified atom stereocenters. The maximum absolute atomic E-state index is 12.8. The van der Waals surface area contributed by atoms with Crippen molar-refractivity contribution in [2.45, 2.75) is 64.4 Å². The highest BCUT2D eigenvalue weighted by Crippen LogP contribution is 2.39. The smallest absolute Gasteiger partial charge is 0.328 e. The lowest BCUT2D eigenvalue weighted by Gasteiger charge is -2.22. The van der Waals surface area contributed by atoms with Gasteiger partial charge in [-0.25, -0.2) is 4.79 Å². The molecule has 2 aliphatic heterocycles. The molecule has 208 valence electrons. The van der Waals surface area contributed by atoms with Crippen molar-refractivity contribution in [1.29, 1.82) is 0 Å². The lowest BCUT2D eigenvalue weighted by Crippen LogP contribution is -2.37. The molecule has 1 saturated heterocycles. The predicted molar refractivity (Wildman–Crippen MR) is 138 cm³/mol. The minimum atomic E-state index is -0.916. The monoisotopic (exact) mass is 540 g/mol. The van der Waals surface area contributed by atoms with Crippen LogP contribution in [0.25, 0.3) is 0 Å². The molecule has 0 spiro atoms. The lowest BCUT2D eigenvalue weighted by molar-refractivity contribution is -0.154. The summed E-state index contributed by atoms with van der Waals surface area (Å²) in [5, 5.41) is 2.45. The first-order valence-corrected chi connectivity index (χ1v) is 13.0. The number of nitrogens with one attached hydrogen (secondary N) is 2. The van der Waals surface area contributed by atoms with E-state index in [1.54, 1.807) is 24.3 Å². The number of esters is 1. The minimum Gasteiger partial charge on any atom is -0.459 e. The van der Waals surface area contributed by atoms with E-state index in [4.69, 9.17) is 9.47 Å². The van der Waals surface area contributed by atoms with Gasteiger partial charge < -0.3 is 19.4 Å². The molecule has 2 N–H and O–H groups in total. The summed E-state index contributed by atoms with van der Waals surface area (Å²) in [5.41, 5.74) is -0.484. The zero-order valence-corrected chi connectivity index (χ0v) is 22.1. The number of hydrogen-bond donors (Lipinski definition) is 2. The Morgan fingerprint density at radius 3 is 2.33 bits per heavy atom. The van der Waals surface area contributed by atoms with Crippen LogP contribution in [-0.2, 0) is 25.6 Å². The number of amides is 3. The van der Waals surface area contributed by atoms with E-state index in [1.165, 1.54) is 17.8 Å². The predicted octanol–water partition coefficient (Wildman–Crippen LogP) is 1.15. The molecule has 0 radical (unpaired) electrons. The molecule has 3 amide bonds. The van der Waals surface area contributed by atoms with Crippen LogP contribution in [0.3, 0.4) is 0 Å². The number of benzene rings is 1. The number of imide groups is 1. The van der Waals surface area contributed by atoms with E-state index in [2.05, 4.69) is 10.3 Å². The van der Waals surface area contributed by atoms with Crippen molar-refractivity contribution in [3.8, 4) is 0 Å². The van der Waals surface area contributed by atoms with E-state index >= 15 is 0 Å². The van der Waals surface area contributed by atoms with Gasteiger partial charge in [0, 0.05) is 38.7 Å². The average molecular weight is 541 g/mol. The first-order valence-electron chi connectivity index (χ1n) is 13.0. The number of ether oxygens (including phenoxy) is 2. The fourth-order valence-corrected chi connectivity index (χ4v) is 5.05. The van der Waals surface area contributed by atoms with Crippen molar-refractivity contribution in [2.75, 3.05) is 13.6 Å². The molecule has 12 heteroatoms. The molecule has 0 saturated carbocycles. The van der Waals surface area contributed by atoms with Gasteiger partial charge in [-0.05, 0) is 25.0 Å². The quantitative estimate of drug-likeness (QED) is 0.336. The van der Waals surface area contributed by atoms with Crippen LogP contribution in [0.2, 0.25) is 0 Å². The number of rotatable bonds is 10. The third kappa shape index (κ3) is 5.70. The number of hydrogen-bond acceptors (Lipinski definition) is 8. The van der Waals surface area contributed by atoms with Crippen LogP contribution in [0, 0.1) is 5.92 Å². The first-order chi connectivity index (χ1) is 18.7. The fourth-order valence-electron chi connectivity index (χ4n) is 5.05.